The van der Waals surface area contributed by atoms with E-state index in [4.69, 9.17) is 0 Å². The Morgan fingerprint density at radius 2 is 1.92 bits per heavy atom. The molecular formula is C19H20N2O2S2. The first-order valence-corrected chi connectivity index (χ1v) is 10.4. The number of hydrogen-bond acceptors (Lipinski definition) is 4. The Balaban J connectivity index is 1.98. The number of benzene rings is 2. The zero-order valence-corrected chi connectivity index (χ0v) is 16.0. The third-order valence-electron chi connectivity index (χ3n) is 3.98. The standard InChI is InChI=1S/C19H20N2O2S2/c1-4-15-6-5-7-17(10-15)21-25(22,23)19-11-16(9-8-13(19)2)18-12-24-14(3)20-18/h5-12,21H,4H2,1-3H3. The SMILES string of the molecule is CCc1cccc(NS(=O)(=O)c2cc(-c3csc(C)n3)ccc2C)c1. The van der Waals surface area contributed by atoms with Gasteiger partial charge in [0.05, 0.1) is 15.6 Å². The molecule has 0 saturated carbocycles. The van der Waals surface area contributed by atoms with Crippen LogP contribution in [0.25, 0.3) is 11.3 Å². The Hall–Kier alpha value is -2.18. The van der Waals surface area contributed by atoms with E-state index < -0.39 is 10.0 Å². The molecule has 0 atom stereocenters. The minimum absolute atomic E-state index is 0.276. The molecule has 1 aromatic heterocycles. The molecule has 0 unspecified atom stereocenters. The van der Waals surface area contributed by atoms with E-state index in [-0.39, 0.29) is 4.90 Å². The topological polar surface area (TPSA) is 59.1 Å². The number of thiazole rings is 1. The monoisotopic (exact) mass is 372 g/mol. The predicted molar refractivity (Wildman–Crippen MR) is 104 cm³/mol. The van der Waals surface area contributed by atoms with Crippen LogP contribution >= 0.6 is 11.3 Å². The molecule has 0 spiro atoms. The lowest BCUT2D eigenvalue weighted by Gasteiger charge is -2.12. The van der Waals surface area contributed by atoms with Crippen LogP contribution in [0.2, 0.25) is 0 Å². The molecule has 130 valence electrons. The maximum absolute atomic E-state index is 12.9. The van der Waals surface area contributed by atoms with Crippen molar-refractivity contribution in [3.05, 3.63) is 64.0 Å². The summed E-state index contributed by atoms with van der Waals surface area (Å²) in [6.45, 7) is 5.77. The van der Waals surface area contributed by atoms with Crippen LogP contribution < -0.4 is 4.72 Å². The number of hydrogen-bond donors (Lipinski definition) is 1. The van der Waals surface area contributed by atoms with Crippen molar-refractivity contribution >= 4 is 27.0 Å². The third-order valence-corrected chi connectivity index (χ3v) is 6.28. The maximum atomic E-state index is 12.9. The van der Waals surface area contributed by atoms with E-state index in [2.05, 4.69) is 9.71 Å². The lowest BCUT2D eigenvalue weighted by molar-refractivity contribution is 0.600. The summed E-state index contributed by atoms with van der Waals surface area (Å²) in [5.41, 5.74) is 3.97. The fraction of sp³-hybridized carbons (Fsp3) is 0.211. The fourth-order valence-corrected chi connectivity index (χ4v) is 4.55. The molecular weight excluding hydrogens is 352 g/mol. The van der Waals surface area contributed by atoms with E-state index in [0.717, 1.165) is 28.2 Å². The van der Waals surface area contributed by atoms with Crippen molar-refractivity contribution in [3.8, 4) is 11.3 Å². The quantitative estimate of drug-likeness (QED) is 0.700. The molecule has 0 amide bonds. The highest BCUT2D eigenvalue weighted by molar-refractivity contribution is 7.92. The van der Waals surface area contributed by atoms with E-state index in [0.29, 0.717) is 11.3 Å². The Kier molecular flexibility index (Phi) is 4.92. The molecule has 2 aromatic carbocycles. The zero-order chi connectivity index (χ0) is 18.0. The summed E-state index contributed by atoms with van der Waals surface area (Å²) in [5.74, 6) is 0. The van der Waals surface area contributed by atoms with Crippen molar-refractivity contribution < 1.29 is 8.42 Å². The lowest BCUT2D eigenvalue weighted by Crippen LogP contribution is -2.14. The number of rotatable bonds is 5. The van der Waals surface area contributed by atoms with Crippen LogP contribution in [0, 0.1) is 13.8 Å². The summed E-state index contributed by atoms with van der Waals surface area (Å²) in [4.78, 5) is 4.72. The molecule has 0 aliphatic carbocycles. The first kappa shape index (κ1) is 17.6. The van der Waals surface area contributed by atoms with Gasteiger partial charge in [0.15, 0.2) is 0 Å². The second-order valence-electron chi connectivity index (χ2n) is 5.89. The second kappa shape index (κ2) is 6.98. The maximum Gasteiger partial charge on any atom is 0.262 e. The van der Waals surface area contributed by atoms with Crippen molar-refractivity contribution in [3.63, 3.8) is 0 Å². The van der Waals surface area contributed by atoms with Crippen molar-refractivity contribution in [1.82, 2.24) is 4.98 Å². The third kappa shape index (κ3) is 3.91. The highest BCUT2D eigenvalue weighted by atomic mass is 32.2. The number of nitrogens with one attached hydrogen (secondary N) is 1. The molecule has 0 radical (unpaired) electrons. The summed E-state index contributed by atoms with van der Waals surface area (Å²) in [5, 5.41) is 2.89. The molecule has 0 aliphatic heterocycles. The van der Waals surface area contributed by atoms with Gasteiger partial charge in [-0.1, -0.05) is 31.2 Å². The normalized spacial score (nSPS) is 11.5. The number of sulfonamides is 1. The number of anilines is 1. The molecule has 6 heteroatoms. The highest BCUT2D eigenvalue weighted by Crippen LogP contribution is 2.27. The first-order chi connectivity index (χ1) is 11.9. The zero-order valence-electron chi connectivity index (χ0n) is 14.4. The summed E-state index contributed by atoms with van der Waals surface area (Å²) < 4.78 is 28.5. The molecule has 1 N–H and O–H groups in total. The Morgan fingerprint density at radius 1 is 1.12 bits per heavy atom. The molecule has 3 aromatic rings. The van der Waals surface area contributed by atoms with Crippen molar-refractivity contribution in [1.29, 1.82) is 0 Å². The van der Waals surface area contributed by atoms with Gasteiger partial charge in [0.2, 0.25) is 0 Å². The van der Waals surface area contributed by atoms with Gasteiger partial charge in [-0.25, -0.2) is 13.4 Å². The van der Waals surface area contributed by atoms with Gasteiger partial charge in [0.1, 0.15) is 0 Å². The molecule has 25 heavy (non-hydrogen) atoms. The van der Waals surface area contributed by atoms with Crippen LogP contribution in [-0.2, 0) is 16.4 Å². The average Bonchev–Trinajstić information content (AvgIpc) is 3.01. The van der Waals surface area contributed by atoms with E-state index in [9.17, 15) is 8.42 Å². The van der Waals surface area contributed by atoms with Gasteiger partial charge in [0.25, 0.3) is 10.0 Å². The molecule has 0 aliphatic rings. The van der Waals surface area contributed by atoms with Crippen molar-refractivity contribution in [2.75, 3.05) is 4.72 Å². The molecule has 0 saturated heterocycles. The van der Waals surface area contributed by atoms with Gasteiger partial charge >= 0.3 is 0 Å². The first-order valence-electron chi connectivity index (χ1n) is 8.04. The Morgan fingerprint density at radius 3 is 2.60 bits per heavy atom. The predicted octanol–water partition coefficient (Wildman–Crippen LogP) is 4.79. The van der Waals surface area contributed by atoms with Gasteiger partial charge in [-0.2, -0.15) is 0 Å². The van der Waals surface area contributed by atoms with Crippen LogP contribution in [0.15, 0.2) is 52.7 Å². The number of aromatic nitrogens is 1. The van der Waals surface area contributed by atoms with Crippen LogP contribution in [0.5, 0.6) is 0 Å². The van der Waals surface area contributed by atoms with Gasteiger partial charge < -0.3 is 0 Å². The van der Waals surface area contributed by atoms with Crippen LogP contribution in [-0.4, -0.2) is 13.4 Å². The van der Waals surface area contributed by atoms with Crippen LogP contribution in [0.4, 0.5) is 5.69 Å². The van der Waals surface area contributed by atoms with E-state index in [1.165, 1.54) is 0 Å². The van der Waals surface area contributed by atoms with Gasteiger partial charge in [0, 0.05) is 16.6 Å². The minimum atomic E-state index is -3.67. The van der Waals surface area contributed by atoms with Gasteiger partial charge in [-0.05, 0) is 49.6 Å². The van der Waals surface area contributed by atoms with Crippen molar-refractivity contribution in [2.45, 2.75) is 32.1 Å². The number of nitrogens with zero attached hydrogens (tertiary/aromatic N) is 1. The van der Waals surface area contributed by atoms with E-state index in [1.807, 2.05) is 49.6 Å². The molecule has 0 bridgehead atoms. The van der Waals surface area contributed by atoms with Crippen LogP contribution in [0.3, 0.4) is 0 Å². The van der Waals surface area contributed by atoms with Gasteiger partial charge in [-0.15, -0.1) is 11.3 Å². The summed E-state index contributed by atoms with van der Waals surface area (Å²) >= 11 is 1.55. The summed E-state index contributed by atoms with van der Waals surface area (Å²) in [6.07, 6.45) is 0.854. The molecule has 3 rings (SSSR count). The average molecular weight is 373 g/mol. The highest BCUT2D eigenvalue weighted by Gasteiger charge is 2.18. The summed E-state index contributed by atoms with van der Waals surface area (Å²) in [7, 11) is -3.67. The number of aryl methyl sites for hydroxylation is 3. The van der Waals surface area contributed by atoms with Crippen LogP contribution in [0.1, 0.15) is 23.1 Å². The fourth-order valence-electron chi connectivity index (χ4n) is 2.61. The molecule has 4 nitrogen and oxygen atoms in total. The smallest absolute Gasteiger partial charge is 0.262 e. The largest absolute Gasteiger partial charge is 0.280 e. The molecule has 0 fully saturated rings. The van der Waals surface area contributed by atoms with Gasteiger partial charge in [-0.3, -0.25) is 4.72 Å². The molecule has 1 heterocycles. The van der Waals surface area contributed by atoms with Crippen molar-refractivity contribution in [2.24, 2.45) is 0 Å². The minimum Gasteiger partial charge on any atom is -0.280 e. The van der Waals surface area contributed by atoms with E-state index in [1.54, 1.807) is 30.4 Å². The Labute approximate surface area is 152 Å². The second-order valence-corrected chi connectivity index (χ2v) is 8.60. The lowest BCUT2D eigenvalue weighted by atomic mass is 10.1. The summed E-state index contributed by atoms with van der Waals surface area (Å²) in [6, 6.07) is 12.9. The Bertz CT molecular complexity index is 1010. The van der Waals surface area contributed by atoms with E-state index >= 15 is 0 Å².